The number of aromatic amines is 1. The molecule has 2 heterocycles. The molecule has 2 amide bonds. The zero-order valence-corrected chi connectivity index (χ0v) is 20.0. The average Bonchev–Trinajstić information content (AvgIpc) is 3.24. The minimum absolute atomic E-state index is 0.215. The molecule has 0 saturated heterocycles. The van der Waals surface area contributed by atoms with Crippen LogP contribution in [0.4, 0.5) is 16.2 Å². The molecule has 4 rings (SSSR count). The van der Waals surface area contributed by atoms with Crippen LogP contribution >= 0.6 is 0 Å². The van der Waals surface area contributed by atoms with E-state index in [-0.39, 0.29) is 6.03 Å². The normalized spacial score (nSPS) is 16.7. The molecule has 2 unspecified atom stereocenters. The van der Waals surface area contributed by atoms with E-state index in [2.05, 4.69) is 71.9 Å². The van der Waals surface area contributed by atoms with Crippen LogP contribution in [0, 0.1) is 0 Å². The first kappa shape index (κ1) is 23.0. The molecule has 0 radical (unpaired) electrons. The fourth-order valence-corrected chi connectivity index (χ4v) is 4.82. The number of rotatable bonds is 8. The summed E-state index contributed by atoms with van der Waals surface area (Å²) in [6.45, 7) is 7.77. The van der Waals surface area contributed by atoms with Crippen molar-refractivity contribution in [2.24, 2.45) is 0 Å². The number of fused-ring (bicyclic) bond motifs is 1. The Labute approximate surface area is 197 Å². The maximum atomic E-state index is 12.7. The number of nitrogens with one attached hydrogen (secondary N) is 3. The Morgan fingerprint density at radius 3 is 2.76 bits per heavy atom. The van der Waals surface area contributed by atoms with Crippen LogP contribution in [0.5, 0.6) is 0 Å². The number of nitrogens with zero attached hydrogens (tertiary/aromatic N) is 1. The van der Waals surface area contributed by atoms with Crippen LogP contribution in [-0.2, 0) is 6.42 Å². The Balaban J connectivity index is 1.47. The lowest BCUT2D eigenvalue weighted by Gasteiger charge is -2.32. The van der Waals surface area contributed by atoms with Gasteiger partial charge in [-0.2, -0.15) is 0 Å². The largest absolute Gasteiger partial charge is 0.375 e. The Bertz CT molecular complexity index is 1120. The molecule has 3 N–H and O–H groups in total. The monoisotopic (exact) mass is 444 g/mol. The van der Waals surface area contributed by atoms with Crippen LogP contribution in [0.1, 0.15) is 63.5 Å². The third kappa shape index (κ3) is 5.41. The van der Waals surface area contributed by atoms with Crippen LogP contribution in [0.2, 0.25) is 0 Å². The Kier molecular flexibility index (Phi) is 7.38. The number of amides is 2. The van der Waals surface area contributed by atoms with Gasteiger partial charge in [-0.25, -0.2) is 4.79 Å². The number of urea groups is 1. The van der Waals surface area contributed by atoms with E-state index in [1.807, 2.05) is 30.3 Å². The van der Waals surface area contributed by atoms with E-state index < -0.39 is 0 Å². The van der Waals surface area contributed by atoms with Crippen molar-refractivity contribution < 1.29 is 4.79 Å². The minimum Gasteiger partial charge on any atom is -0.375 e. The Morgan fingerprint density at radius 2 is 2.00 bits per heavy atom. The second kappa shape index (κ2) is 10.6. The highest BCUT2D eigenvalue weighted by Gasteiger charge is 2.20. The SMILES string of the molecule is CCCc1ccccc1NC(=O)Nc1ccc2[nH]cc(C3C=CN(C(C)CCC)CC3)c2c1. The summed E-state index contributed by atoms with van der Waals surface area (Å²) in [5.74, 6) is 0.383. The number of aryl methyl sites for hydroxylation is 1. The molecule has 0 bridgehead atoms. The van der Waals surface area contributed by atoms with Crippen LogP contribution < -0.4 is 10.6 Å². The van der Waals surface area contributed by atoms with E-state index in [0.717, 1.165) is 48.3 Å². The number of H-pyrrole nitrogens is 1. The topological polar surface area (TPSA) is 60.2 Å². The molecule has 3 aromatic rings. The summed E-state index contributed by atoms with van der Waals surface area (Å²) in [5.41, 5.74) is 5.21. The summed E-state index contributed by atoms with van der Waals surface area (Å²) in [6.07, 6.45) is 12.2. The molecule has 0 saturated carbocycles. The zero-order chi connectivity index (χ0) is 23.2. The predicted molar refractivity (Wildman–Crippen MR) is 139 cm³/mol. The van der Waals surface area contributed by atoms with Crippen molar-refractivity contribution in [1.29, 1.82) is 0 Å². The van der Waals surface area contributed by atoms with Crippen molar-refractivity contribution >= 4 is 28.3 Å². The van der Waals surface area contributed by atoms with Crippen LogP contribution in [-0.4, -0.2) is 28.5 Å². The number of aromatic nitrogens is 1. The minimum atomic E-state index is -0.215. The number of para-hydroxylation sites is 1. The number of carbonyl (C=O) groups excluding carboxylic acids is 1. The molecule has 0 spiro atoms. The number of carbonyl (C=O) groups is 1. The van der Waals surface area contributed by atoms with Gasteiger partial charge in [0.25, 0.3) is 0 Å². The molecule has 33 heavy (non-hydrogen) atoms. The second-order valence-electron chi connectivity index (χ2n) is 9.10. The van der Waals surface area contributed by atoms with Gasteiger partial charge in [0.2, 0.25) is 0 Å². The number of hydrogen-bond donors (Lipinski definition) is 3. The van der Waals surface area contributed by atoms with E-state index in [0.29, 0.717) is 12.0 Å². The molecule has 1 aliphatic rings. The highest BCUT2D eigenvalue weighted by Crippen LogP contribution is 2.33. The fourth-order valence-electron chi connectivity index (χ4n) is 4.82. The smallest absolute Gasteiger partial charge is 0.323 e. The highest BCUT2D eigenvalue weighted by molar-refractivity contribution is 6.01. The van der Waals surface area contributed by atoms with Gasteiger partial charge in [-0.1, -0.05) is 51.0 Å². The third-order valence-corrected chi connectivity index (χ3v) is 6.64. The van der Waals surface area contributed by atoms with Crippen molar-refractivity contribution in [3.8, 4) is 0 Å². The third-order valence-electron chi connectivity index (χ3n) is 6.64. The van der Waals surface area contributed by atoms with Crippen LogP contribution in [0.25, 0.3) is 10.9 Å². The first-order valence-electron chi connectivity index (χ1n) is 12.3. The lowest BCUT2D eigenvalue weighted by Crippen LogP contribution is -2.32. The first-order chi connectivity index (χ1) is 16.1. The van der Waals surface area contributed by atoms with Gasteiger partial charge in [0.1, 0.15) is 0 Å². The molecule has 5 heteroatoms. The molecule has 1 aliphatic heterocycles. The van der Waals surface area contributed by atoms with E-state index in [9.17, 15) is 4.79 Å². The fraction of sp³-hybridized carbons (Fsp3) is 0.393. The predicted octanol–water partition coefficient (Wildman–Crippen LogP) is 7.26. The summed E-state index contributed by atoms with van der Waals surface area (Å²) in [5, 5.41) is 7.20. The maximum absolute atomic E-state index is 12.7. The summed E-state index contributed by atoms with van der Waals surface area (Å²) < 4.78 is 0. The van der Waals surface area contributed by atoms with Crippen molar-refractivity contribution in [2.75, 3.05) is 17.2 Å². The Hall–Kier alpha value is -3.21. The Morgan fingerprint density at radius 1 is 1.15 bits per heavy atom. The molecule has 5 nitrogen and oxygen atoms in total. The van der Waals surface area contributed by atoms with Crippen LogP contribution in [0.3, 0.4) is 0 Å². The van der Waals surface area contributed by atoms with Crippen molar-refractivity contribution in [3.63, 3.8) is 0 Å². The highest BCUT2D eigenvalue weighted by atomic mass is 16.2. The zero-order valence-electron chi connectivity index (χ0n) is 20.0. The van der Waals surface area contributed by atoms with Crippen LogP contribution in [0.15, 0.2) is 60.9 Å². The summed E-state index contributed by atoms with van der Waals surface area (Å²) in [4.78, 5) is 18.6. The number of anilines is 2. The van der Waals surface area contributed by atoms with E-state index in [4.69, 9.17) is 0 Å². The van der Waals surface area contributed by atoms with E-state index >= 15 is 0 Å². The van der Waals surface area contributed by atoms with E-state index in [1.165, 1.54) is 23.8 Å². The molecular weight excluding hydrogens is 408 g/mol. The van der Waals surface area contributed by atoms with Gasteiger partial charge in [-0.15, -0.1) is 0 Å². The van der Waals surface area contributed by atoms with Gasteiger partial charge >= 0.3 is 6.03 Å². The van der Waals surface area contributed by atoms with Gasteiger partial charge in [0, 0.05) is 47.0 Å². The molecule has 1 aromatic heterocycles. The average molecular weight is 445 g/mol. The second-order valence-corrected chi connectivity index (χ2v) is 9.10. The van der Waals surface area contributed by atoms with Gasteiger partial charge in [0.05, 0.1) is 0 Å². The summed E-state index contributed by atoms with van der Waals surface area (Å²) >= 11 is 0. The van der Waals surface area contributed by atoms with E-state index in [1.54, 1.807) is 0 Å². The quantitative estimate of drug-likeness (QED) is 0.342. The number of allylic oxidation sites excluding steroid dienone is 1. The van der Waals surface area contributed by atoms with Gasteiger partial charge in [0.15, 0.2) is 0 Å². The summed E-state index contributed by atoms with van der Waals surface area (Å²) in [7, 11) is 0. The van der Waals surface area contributed by atoms with Gasteiger partial charge in [-0.05, 0) is 67.8 Å². The molecule has 0 aliphatic carbocycles. The van der Waals surface area contributed by atoms with Gasteiger partial charge < -0.3 is 20.5 Å². The number of hydrogen-bond acceptors (Lipinski definition) is 2. The van der Waals surface area contributed by atoms with Crippen molar-refractivity contribution in [2.45, 2.75) is 64.8 Å². The maximum Gasteiger partial charge on any atom is 0.323 e. The molecular formula is C28H36N4O. The first-order valence-corrected chi connectivity index (χ1v) is 12.3. The van der Waals surface area contributed by atoms with Crippen molar-refractivity contribution in [3.05, 3.63) is 72.1 Å². The van der Waals surface area contributed by atoms with Gasteiger partial charge in [-0.3, -0.25) is 0 Å². The molecule has 174 valence electrons. The lowest BCUT2D eigenvalue weighted by atomic mass is 9.92. The van der Waals surface area contributed by atoms with Crippen molar-refractivity contribution in [1.82, 2.24) is 9.88 Å². The molecule has 0 fully saturated rings. The molecule has 2 aromatic carbocycles. The number of benzene rings is 2. The lowest BCUT2D eigenvalue weighted by molar-refractivity contribution is 0.259. The molecule has 2 atom stereocenters. The standard InChI is InChI=1S/C28H36N4O/c1-4-8-20(3)32-16-14-21(15-17-32)25-19-29-27-13-12-23(18-24(25)27)30-28(33)31-26-11-7-6-10-22(26)9-5-2/h6-7,10-14,16,18-21,29H,4-5,8-9,15,17H2,1-3H3,(H2,30,31,33). The summed E-state index contributed by atoms with van der Waals surface area (Å²) in [6, 6.07) is 14.4.